The fourth-order valence-corrected chi connectivity index (χ4v) is 4.71. The number of hydrogen-bond donors (Lipinski definition) is 3. The van der Waals surface area contributed by atoms with E-state index in [1.54, 1.807) is 54.3 Å². The van der Waals surface area contributed by atoms with E-state index >= 15 is 0 Å². The zero-order valence-electron chi connectivity index (χ0n) is 22.2. The van der Waals surface area contributed by atoms with Crippen LogP contribution in [0.3, 0.4) is 0 Å². The van der Waals surface area contributed by atoms with E-state index in [4.69, 9.17) is 4.74 Å². The molecular formula is C29H29N5O6. The molecule has 0 spiro atoms. The van der Waals surface area contributed by atoms with Crippen LogP contribution < -0.4 is 25.6 Å². The van der Waals surface area contributed by atoms with Gasteiger partial charge in [0.1, 0.15) is 11.8 Å². The molecule has 6 amide bonds. The minimum atomic E-state index is -0.868. The predicted octanol–water partition coefficient (Wildman–Crippen LogP) is 1.30. The van der Waals surface area contributed by atoms with Gasteiger partial charge < -0.3 is 20.3 Å². The third kappa shape index (κ3) is 5.76. The highest BCUT2D eigenvalue weighted by molar-refractivity contribution is 6.06. The van der Waals surface area contributed by atoms with Gasteiger partial charge in [-0.25, -0.2) is 4.79 Å². The minimum absolute atomic E-state index is 0.0740. The van der Waals surface area contributed by atoms with Crippen LogP contribution in [0.2, 0.25) is 0 Å². The van der Waals surface area contributed by atoms with E-state index in [-0.39, 0.29) is 23.8 Å². The van der Waals surface area contributed by atoms with E-state index < -0.39 is 24.0 Å². The number of ether oxygens (including phenoxy) is 1. The largest absolute Gasteiger partial charge is 0.497 e. The van der Waals surface area contributed by atoms with Crippen molar-refractivity contribution in [3.05, 3.63) is 59.2 Å². The van der Waals surface area contributed by atoms with Crippen LogP contribution in [0, 0.1) is 11.8 Å². The summed E-state index contributed by atoms with van der Waals surface area (Å²) in [6.07, 6.45) is 2.86. The molecule has 2 aromatic carbocycles. The molecule has 11 heteroatoms. The molecule has 3 heterocycles. The first-order valence-corrected chi connectivity index (χ1v) is 13.0. The number of methoxy groups -OCH3 is 1. The van der Waals surface area contributed by atoms with E-state index in [1.807, 2.05) is 12.1 Å². The van der Waals surface area contributed by atoms with Crippen molar-refractivity contribution in [1.82, 2.24) is 20.9 Å². The van der Waals surface area contributed by atoms with Crippen LogP contribution >= 0.6 is 0 Å². The van der Waals surface area contributed by atoms with E-state index in [0.29, 0.717) is 30.6 Å². The normalized spacial score (nSPS) is 21.1. The molecule has 206 valence electrons. The number of rotatable bonds is 4. The molecule has 2 unspecified atom stereocenters. The molecule has 3 fully saturated rings. The van der Waals surface area contributed by atoms with Crippen LogP contribution in [-0.2, 0) is 20.9 Å². The SMILES string of the molecule is COc1ccc2c(c1)C(=O)N(C)C2.O=C1NC(=O)C(C#Cc2ccc(N3C(=O)CCC3C(=O)NC3CC3)cc2)N1. The van der Waals surface area contributed by atoms with Crippen molar-refractivity contribution in [3.63, 3.8) is 0 Å². The summed E-state index contributed by atoms with van der Waals surface area (Å²) in [5.41, 5.74) is 3.12. The quantitative estimate of drug-likeness (QED) is 0.393. The van der Waals surface area contributed by atoms with Gasteiger partial charge in [-0.15, -0.1) is 0 Å². The van der Waals surface area contributed by atoms with E-state index in [9.17, 15) is 24.0 Å². The first-order chi connectivity index (χ1) is 19.2. The number of anilines is 1. The van der Waals surface area contributed by atoms with Crippen LogP contribution in [0.5, 0.6) is 5.75 Å². The number of carbonyl (C=O) groups excluding carboxylic acids is 5. The summed E-state index contributed by atoms with van der Waals surface area (Å²) in [4.78, 5) is 62.0. The number of urea groups is 1. The summed E-state index contributed by atoms with van der Waals surface area (Å²) in [7, 11) is 3.40. The van der Waals surface area contributed by atoms with E-state index in [0.717, 1.165) is 29.7 Å². The van der Waals surface area contributed by atoms with Crippen LogP contribution in [0.15, 0.2) is 42.5 Å². The van der Waals surface area contributed by atoms with Crippen molar-refractivity contribution in [2.75, 3.05) is 19.1 Å². The average molecular weight is 544 g/mol. The van der Waals surface area contributed by atoms with Gasteiger partial charge in [0.05, 0.1) is 7.11 Å². The topological polar surface area (TPSA) is 137 Å². The lowest BCUT2D eigenvalue weighted by Crippen LogP contribution is -2.45. The molecule has 4 aliphatic rings. The molecule has 40 heavy (non-hydrogen) atoms. The molecule has 2 atom stereocenters. The monoisotopic (exact) mass is 543 g/mol. The Morgan fingerprint density at radius 1 is 1.05 bits per heavy atom. The lowest BCUT2D eigenvalue weighted by molar-refractivity contribution is -0.124. The zero-order chi connectivity index (χ0) is 28.4. The average Bonchev–Trinajstić information content (AvgIpc) is 3.48. The van der Waals surface area contributed by atoms with Gasteiger partial charge in [-0.3, -0.25) is 29.4 Å². The Hall–Kier alpha value is -4.85. The molecule has 0 bridgehead atoms. The summed E-state index contributed by atoms with van der Waals surface area (Å²) in [5, 5.41) is 7.48. The predicted molar refractivity (Wildman–Crippen MR) is 144 cm³/mol. The second-order valence-corrected chi connectivity index (χ2v) is 10.00. The van der Waals surface area contributed by atoms with Gasteiger partial charge in [0.25, 0.3) is 11.8 Å². The second-order valence-electron chi connectivity index (χ2n) is 10.00. The standard InChI is InChI=1S/C19H18N4O4.C10H11NO2/c24-16-10-9-15(18(26)20-12-4-5-12)23(16)13-6-1-11(2-7-13)3-8-14-17(25)22-19(27)21-14;1-11-6-7-3-4-8(13-2)5-9(7)10(11)12/h1-2,6-7,12,14-15H,4-5,9-10H2,(H,20,26)(H2,21,22,25,27);3-5H,6H2,1-2H3. The number of imide groups is 1. The third-order valence-corrected chi connectivity index (χ3v) is 7.02. The summed E-state index contributed by atoms with van der Waals surface area (Å²) >= 11 is 0. The van der Waals surface area contributed by atoms with Crippen molar-refractivity contribution < 1.29 is 28.7 Å². The Kier molecular flexibility index (Phi) is 7.42. The van der Waals surface area contributed by atoms with Crippen molar-refractivity contribution >= 4 is 35.3 Å². The fraction of sp³-hybridized carbons (Fsp3) is 0.345. The van der Waals surface area contributed by atoms with E-state index in [1.165, 1.54) is 0 Å². The Bertz CT molecular complexity index is 1440. The van der Waals surface area contributed by atoms with Crippen LogP contribution in [0.25, 0.3) is 0 Å². The number of nitrogens with one attached hydrogen (secondary N) is 3. The molecule has 0 radical (unpaired) electrons. The highest BCUT2D eigenvalue weighted by Crippen LogP contribution is 2.28. The smallest absolute Gasteiger partial charge is 0.322 e. The molecule has 0 aromatic heterocycles. The molecule has 6 rings (SSSR count). The van der Waals surface area contributed by atoms with Crippen LogP contribution in [-0.4, -0.2) is 66.8 Å². The summed E-state index contributed by atoms with van der Waals surface area (Å²) < 4.78 is 5.05. The Balaban J connectivity index is 0.000000207. The van der Waals surface area contributed by atoms with Gasteiger partial charge in [0.15, 0.2) is 6.04 Å². The van der Waals surface area contributed by atoms with Gasteiger partial charge in [-0.2, -0.15) is 0 Å². The Labute approximate surface area is 231 Å². The fourth-order valence-electron chi connectivity index (χ4n) is 4.71. The Morgan fingerprint density at radius 2 is 1.80 bits per heavy atom. The molecule has 3 aliphatic heterocycles. The van der Waals surface area contributed by atoms with Gasteiger partial charge in [-0.1, -0.05) is 17.9 Å². The lowest BCUT2D eigenvalue weighted by Gasteiger charge is -2.24. The first kappa shape index (κ1) is 26.7. The highest BCUT2D eigenvalue weighted by atomic mass is 16.5. The number of nitrogens with zero attached hydrogens (tertiary/aromatic N) is 2. The third-order valence-electron chi connectivity index (χ3n) is 7.02. The number of benzene rings is 2. The maximum Gasteiger partial charge on any atom is 0.322 e. The molecule has 1 saturated carbocycles. The summed E-state index contributed by atoms with van der Waals surface area (Å²) in [5.74, 6) is 5.68. The van der Waals surface area contributed by atoms with Gasteiger partial charge in [0.2, 0.25) is 11.8 Å². The summed E-state index contributed by atoms with van der Waals surface area (Å²) in [6.45, 7) is 0.707. The number of hydrogen-bond acceptors (Lipinski definition) is 6. The lowest BCUT2D eigenvalue weighted by atomic mass is 10.1. The maximum absolute atomic E-state index is 12.4. The van der Waals surface area contributed by atoms with E-state index in [2.05, 4.69) is 27.8 Å². The maximum atomic E-state index is 12.4. The number of carbonyl (C=O) groups is 5. The van der Waals surface area contributed by atoms with Gasteiger partial charge in [0, 0.05) is 42.9 Å². The number of amides is 6. The molecule has 2 saturated heterocycles. The van der Waals surface area contributed by atoms with Crippen LogP contribution in [0.1, 0.15) is 47.2 Å². The molecule has 3 N–H and O–H groups in total. The Morgan fingerprint density at radius 3 is 2.45 bits per heavy atom. The van der Waals surface area contributed by atoms with Gasteiger partial charge >= 0.3 is 6.03 Å². The summed E-state index contributed by atoms with van der Waals surface area (Å²) in [6, 6.07) is 10.9. The van der Waals surface area contributed by atoms with Crippen molar-refractivity contribution in [2.24, 2.45) is 0 Å². The van der Waals surface area contributed by atoms with Gasteiger partial charge in [-0.05, 0) is 61.2 Å². The van der Waals surface area contributed by atoms with Crippen molar-refractivity contribution in [3.8, 4) is 17.6 Å². The zero-order valence-corrected chi connectivity index (χ0v) is 22.2. The second kappa shape index (κ2) is 11.1. The highest BCUT2D eigenvalue weighted by Gasteiger charge is 2.38. The van der Waals surface area contributed by atoms with Crippen LogP contribution in [0.4, 0.5) is 10.5 Å². The minimum Gasteiger partial charge on any atom is -0.497 e. The molecular weight excluding hydrogens is 514 g/mol. The first-order valence-electron chi connectivity index (χ1n) is 13.0. The molecule has 1 aliphatic carbocycles. The molecule has 2 aromatic rings. The van der Waals surface area contributed by atoms with Crippen molar-refractivity contribution in [2.45, 2.75) is 50.4 Å². The molecule has 11 nitrogen and oxygen atoms in total. The number of fused-ring (bicyclic) bond motifs is 1. The van der Waals surface area contributed by atoms with Crippen molar-refractivity contribution in [1.29, 1.82) is 0 Å².